The fourth-order valence-electron chi connectivity index (χ4n) is 6.87. The second-order valence-electron chi connectivity index (χ2n) is 16.7. The molecule has 0 aromatic heterocycles. The molecule has 1 aromatic rings. The van der Waals surface area contributed by atoms with Gasteiger partial charge in [0.2, 0.25) is 35.4 Å². The maximum Gasteiger partial charge on any atom is 0.305 e. The zero-order valence-corrected chi connectivity index (χ0v) is 38.1. The summed E-state index contributed by atoms with van der Waals surface area (Å²) in [6.07, 6.45) is 11.7. The third-order valence-electron chi connectivity index (χ3n) is 10.7. The average molecular weight is 904 g/mol. The van der Waals surface area contributed by atoms with Crippen LogP contribution < -0.4 is 55.3 Å². The molecule has 20 nitrogen and oxygen atoms in total. The van der Waals surface area contributed by atoms with Crippen molar-refractivity contribution in [1.82, 2.24) is 26.6 Å². The number of carbonyl (C=O) groups is 7. The lowest BCUT2D eigenvalue weighted by Gasteiger charge is -2.28. The van der Waals surface area contributed by atoms with E-state index in [1.807, 2.05) is 0 Å². The minimum atomic E-state index is -1.69. The number of carbonyl (C=O) groups excluding carboxylic acids is 6. The summed E-state index contributed by atoms with van der Waals surface area (Å²) in [5, 5.41) is 32.4. The summed E-state index contributed by atoms with van der Waals surface area (Å²) in [6.45, 7) is 5.94. The van der Waals surface area contributed by atoms with Gasteiger partial charge in [-0.3, -0.25) is 38.6 Å². The number of nitrogens with one attached hydrogen (secondary N) is 5. The zero-order valence-electron chi connectivity index (χ0n) is 38.1. The summed E-state index contributed by atoms with van der Waals surface area (Å²) < 4.78 is 0. The number of unbranched alkanes of at least 4 members (excludes halogenated alkanes) is 10. The highest BCUT2D eigenvalue weighted by Crippen LogP contribution is 2.15. The van der Waals surface area contributed by atoms with Crippen molar-refractivity contribution in [2.75, 3.05) is 13.1 Å². The van der Waals surface area contributed by atoms with Crippen LogP contribution in [0.2, 0.25) is 0 Å². The number of hydrogen-bond donors (Lipinski definition) is 12. The Kier molecular flexibility index (Phi) is 28.4. The number of aromatic hydroxyl groups is 1. The number of carboxylic acid groups (broad SMARTS) is 1. The highest BCUT2D eigenvalue weighted by Gasteiger charge is 2.34. The Morgan fingerprint density at radius 3 is 1.66 bits per heavy atom. The van der Waals surface area contributed by atoms with Crippen LogP contribution >= 0.6 is 0 Å². The van der Waals surface area contributed by atoms with Gasteiger partial charge in [0.15, 0.2) is 5.96 Å². The molecule has 0 saturated heterocycles. The van der Waals surface area contributed by atoms with Gasteiger partial charge >= 0.3 is 5.97 Å². The number of primary amides is 1. The van der Waals surface area contributed by atoms with Gasteiger partial charge < -0.3 is 65.5 Å². The lowest BCUT2D eigenvalue weighted by Crippen LogP contribution is -2.61. The number of carboxylic acids is 1. The summed E-state index contributed by atoms with van der Waals surface area (Å²) in [5.41, 5.74) is 28.6. The molecule has 0 radical (unpaired) electrons. The normalized spacial score (nSPS) is 13.9. The monoisotopic (exact) mass is 904 g/mol. The molecule has 20 heteroatoms. The van der Waals surface area contributed by atoms with E-state index in [0.717, 1.165) is 25.7 Å². The average Bonchev–Trinajstić information content (AvgIpc) is 3.23. The first kappa shape index (κ1) is 56.5. The fourth-order valence-corrected chi connectivity index (χ4v) is 6.87. The zero-order chi connectivity index (χ0) is 48.0. The number of phenolic OH excluding ortho intramolecular Hbond substituents is 1. The Morgan fingerprint density at radius 2 is 1.11 bits per heavy atom. The summed E-state index contributed by atoms with van der Waals surface area (Å²) in [7, 11) is 0. The molecule has 0 saturated carbocycles. The van der Waals surface area contributed by atoms with E-state index in [-0.39, 0.29) is 37.5 Å². The molecule has 0 aliphatic carbocycles. The van der Waals surface area contributed by atoms with Gasteiger partial charge in [-0.15, -0.1) is 0 Å². The smallest absolute Gasteiger partial charge is 0.305 e. The number of benzene rings is 1. The van der Waals surface area contributed by atoms with Crippen molar-refractivity contribution in [2.24, 2.45) is 39.6 Å². The van der Waals surface area contributed by atoms with Crippen molar-refractivity contribution in [3.8, 4) is 5.75 Å². The first-order valence-electron chi connectivity index (χ1n) is 22.7. The summed E-state index contributed by atoms with van der Waals surface area (Å²) in [4.78, 5) is 96.5. The van der Waals surface area contributed by atoms with Gasteiger partial charge in [0.25, 0.3) is 0 Å². The van der Waals surface area contributed by atoms with Gasteiger partial charge in [-0.2, -0.15) is 0 Å². The topological polar surface area (TPSA) is 363 Å². The molecule has 0 spiro atoms. The molecule has 1 unspecified atom stereocenters. The minimum Gasteiger partial charge on any atom is -0.508 e. The SMILES string of the molecule is CCCCCCCCCCCCC(NC(=O)[C@H](Cc1ccc(O)cc1)NC(=O)[C@@H](NC(=O)[C@H](CC(=O)O)NC(=O)[C@H](CCCCN)NC(=O)[C@@H](N)CCCN=C(N)N)C(C)C)C(N)=O. The van der Waals surface area contributed by atoms with Crippen molar-refractivity contribution in [3.05, 3.63) is 29.8 Å². The molecule has 6 amide bonds. The molecule has 0 aliphatic rings. The highest BCUT2D eigenvalue weighted by molar-refractivity contribution is 5.97. The third kappa shape index (κ3) is 24.4. The number of aliphatic imine (C=N–C) groups is 1. The predicted octanol–water partition coefficient (Wildman–Crippen LogP) is 0.796. The van der Waals surface area contributed by atoms with Crippen molar-refractivity contribution in [1.29, 1.82) is 0 Å². The molecular weight excluding hydrogens is 827 g/mol. The molecular formula is C44H77N11O9. The van der Waals surface area contributed by atoms with E-state index in [2.05, 4.69) is 38.5 Å². The summed E-state index contributed by atoms with van der Waals surface area (Å²) >= 11 is 0. The van der Waals surface area contributed by atoms with Crippen LogP contribution in [-0.2, 0) is 40.0 Å². The first-order chi connectivity index (χ1) is 30.4. The molecule has 0 fully saturated rings. The van der Waals surface area contributed by atoms with E-state index in [0.29, 0.717) is 44.2 Å². The number of aliphatic carboxylic acids is 1. The van der Waals surface area contributed by atoms with Crippen LogP contribution in [0.3, 0.4) is 0 Å². The number of phenols is 1. The second-order valence-corrected chi connectivity index (χ2v) is 16.7. The van der Waals surface area contributed by atoms with Gasteiger partial charge in [0, 0.05) is 13.0 Å². The summed E-state index contributed by atoms with van der Waals surface area (Å²) in [6, 6.07) is -1.63. The Hall–Kier alpha value is -5.50. The maximum absolute atomic E-state index is 14.0. The Bertz CT molecular complexity index is 1620. The minimum absolute atomic E-state index is 0.0199. The van der Waals surface area contributed by atoms with Gasteiger partial charge in [-0.25, -0.2) is 0 Å². The van der Waals surface area contributed by atoms with E-state index in [1.165, 1.54) is 44.2 Å². The number of nitrogens with zero attached hydrogens (tertiary/aromatic N) is 1. The maximum atomic E-state index is 14.0. The van der Waals surface area contributed by atoms with E-state index < -0.39 is 90.0 Å². The lowest BCUT2D eigenvalue weighted by molar-refractivity contribution is -0.141. The first-order valence-corrected chi connectivity index (χ1v) is 22.7. The van der Waals surface area contributed by atoms with Crippen LogP contribution in [0.5, 0.6) is 5.75 Å². The number of guanidine groups is 1. The fraction of sp³-hybridized carbons (Fsp3) is 0.682. The van der Waals surface area contributed by atoms with Gasteiger partial charge in [0.1, 0.15) is 36.0 Å². The van der Waals surface area contributed by atoms with Crippen LogP contribution in [0.1, 0.15) is 135 Å². The molecule has 0 bridgehead atoms. The molecule has 1 rings (SSSR count). The van der Waals surface area contributed by atoms with Crippen LogP contribution in [-0.4, -0.2) is 107 Å². The van der Waals surface area contributed by atoms with Crippen molar-refractivity contribution >= 4 is 47.4 Å². The summed E-state index contributed by atoms with van der Waals surface area (Å²) in [5.74, 6) is -6.99. The van der Waals surface area contributed by atoms with E-state index in [4.69, 9.17) is 28.7 Å². The van der Waals surface area contributed by atoms with Crippen LogP contribution in [0.25, 0.3) is 0 Å². The van der Waals surface area contributed by atoms with Gasteiger partial charge in [0.05, 0.1) is 12.5 Å². The number of nitrogens with two attached hydrogens (primary N) is 5. The predicted molar refractivity (Wildman–Crippen MR) is 245 cm³/mol. The molecule has 362 valence electrons. The Balaban J connectivity index is 3.19. The number of hydrogen-bond acceptors (Lipinski definition) is 11. The third-order valence-corrected chi connectivity index (χ3v) is 10.7. The van der Waals surface area contributed by atoms with Gasteiger partial charge in [-0.1, -0.05) is 97.1 Å². The lowest BCUT2D eigenvalue weighted by atomic mass is 9.99. The molecule has 17 N–H and O–H groups in total. The second kappa shape index (κ2) is 32.2. The van der Waals surface area contributed by atoms with Crippen molar-refractivity contribution in [3.63, 3.8) is 0 Å². The Labute approximate surface area is 377 Å². The Morgan fingerprint density at radius 1 is 0.609 bits per heavy atom. The number of amides is 6. The van der Waals surface area contributed by atoms with Crippen molar-refractivity contribution < 1.29 is 43.8 Å². The molecule has 0 aliphatic heterocycles. The molecule has 1 aromatic carbocycles. The number of rotatable bonds is 35. The van der Waals surface area contributed by atoms with E-state index >= 15 is 0 Å². The largest absolute Gasteiger partial charge is 0.508 e. The standard InChI is InChI=1S/C44H77N11O9/c1-4-5-6-7-8-9-10-11-12-13-18-32(38(47)59)51-41(62)34(26-29-20-22-30(56)23-21-29)54-43(64)37(28(2)3)55-42(63)35(27-36(57)58)53-40(61)33(19-14-15-24-45)52-39(60)31(46)17-16-25-50-44(48)49/h20-23,28,31-35,37,56H,4-19,24-27,45-46H2,1-3H3,(H2,47,59)(H,51,62)(H,52,60)(H,53,61)(H,54,64)(H,55,63)(H,57,58)(H4,48,49,50)/t31-,32?,33-,34-,35-,37-/m0/s1. The van der Waals surface area contributed by atoms with Crippen LogP contribution in [0.4, 0.5) is 0 Å². The van der Waals surface area contributed by atoms with E-state index in [1.54, 1.807) is 26.0 Å². The van der Waals surface area contributed by atoms with Gasteiger partial charge in [-0.05, 0) is 68.7 Å². The molecule has 64 heavy (non-hydrogen) atoms. The molecule has 6 atom stereocenters. The quantitative estimate of drug-likeness (QED) is 0.0255. The highest BCUT2D eigenvalue weighted by atomic mass is 16.4. The van der Waals surface area contributed by atoms with Crippen molar-refractivity contribution in [2.45, 2.75) is 173 Å². The molecule has 0 heterocycles. The van der Waals surface area contributed by atoms with E-state index in [9.17, 15) is 43.8 Å². The van der Waals surface area contributed by atoms with Crippen LogP contribution in [0.15, 0.2) is 29.3 Å². The van der Waals surface area contributed by atoms with Crippen LogP contribution in [0, 0.1) is 5.92 Å².